The van der Waals surface area contributed by atoms with Gasteiger partial charge < -0.3 is 10.6 Å². The maximum Gasteiger partial charge on any atom is 0.0637 e. The maximum absolute atomic E-state index is 6.15. The molecule has 3 rings (SSSR count). The number of hydrogen-bond acceptors (Lipinski definition) is 3. The number of nitrogens with zero attached hydrogens (tertiary/aromatic N) is 1. The summed E-state index contributed by atoms with van der Waals surface area (Å²) in [5, 5.41) is 8.01. The molecule has 2 aromatic carbocycles. The van der Waals surface area contributed by atoms with E-state index in [-0.39, 0.29) is 0 Å². The first-order valence-electron chi connectivity index (χ1n) is 7.64. The van der Waals surface area contributed by atoms with Gasteiger partial charge in [-0.2, -0.15) is 0 Å². The Morgan fingerprint density at radius 1 is 0.625 bits per heavy atom. The topological polar surface area (TPSA) is 37.0 Å². The smallest absolute Gasteiger partial charge is 0.0637 e. The maximum atomic E-state index is 6.15. The molecule has 2 N–H and O–H groups in total. The van der Waals surface area contributed by atoms with Crippen molar-refractivity contribution in [3.63, 3.8) is 0 Å². The van der Waals surface area contributed by atoms with Crippen molar-refractivity contribution in [3.05, 3.63) is 88.2 Å². The molecule has 0 atom stereocenters. The zero-order chi connectivity index (χ0) is 16.8. The lowest BCUT2D eigenvalue weighted by Gasteiger charge is -2.10. The monoisotopic (exact) mass is 357 g/mol. The highest BCUT2D eigenvalue weighted by atomic mass is 35.5. The predicted molar refractivity (Wildman–Crippen MR) is 102 cm³/mol. The molecular weight excluding hydrogens is 341 g/mol. The van der Waals surface area contributed by atoms with E-state index < -0.39 is 0 Å². The van der Waals surface area contributed by atoms with Crippen molar-refractivity contribution in [1.82, 2.24) is 4.98 Å². The highest BCUT2D eigenvalue weighted by Gasteiger charge is 2.02. The van der Waals surface area contributed by atoms with Gasteiger partial charge in [-0.3, -0.25) is 4.98 Å². The summed E-state index contributed by atoms with van der Waals surface area (Å²) in [7, 11) is 0. The molecule has 3 nitrogen and oxygen atoms in total. The Morgan fingerprint density at radius 3 is 1.54 bits per heavy atom. The Morgan fingerprint density at radius 2 is 1.08 bits per heavy atom. The molecule has 0 unspecified atom stereocenters. The zero-order valence-electron chi connectivity index (χ0n) is 13.0. The fraction of sp³-hybridized carbons (Fsp3) is 0.105. The van der Waals surface area contributed by atoms with Crippen LogP contribution in [0.25, 0.3) is 0 Å². The van der Waals surface area contributed by atoms with E-state index in [4.69, 9.17) is 23.2 Å². The molecule has 0 fully saturated rings. The molecule has 1 aromatic heterocycles. The van der Waals surface area contributed by atoms with Crippen molar-refractivity contribution >= 4 is 34.6 Å². The van der Waals surface area contributed by atoms with Gasteiger partial charge in [0.2, 0.25) is 0 Å². The van der Waals surface area contributed by atoms with Gasteiger partial charge in [-0.25, -0.2) is 0 Å². The van der Waals surface area contributed by atoms with E-state index in [1.807, 2.05) is 66.7 Å². The van der Waals surface area contributed by atoms with Gasteiger partial charge in [0.1, 0.15) is 0 Å². The number of nitrogens with one attached hydrogen (secondary N) is 2. The van der Waals surface area contributed by atoms with Crippen LogP contribution < -0.4 is 10.6 Å². The van der Waals surface area contributed by atoms with E-state index in [0.717, 1.165) is 22.8 Å². The van der Waals surface area contributed by atoms with Crippen LogP contribution in [-0.2, 0) is 13.1 Å². The molecule has 24 heavy (non-hydrogen) atoms. The predicted octanol–water partition coefficient (Wildman–Crippen LogP) is 5.61. The summed E-state index contributed by atoms with van der Waals surface area (Å²) in [5.74, 6) is 0. The molecule has 0 saturated heterocycles. The first-order valence-corrected chi connectivity index (χ1v) is 8.39. The first-order chi connectivity index (χ1) is 11.7. The van der Waals surface area contributed by atoms with Crippen molar-refractivity contribution < 1.29 is 0 Å². The molecule has 3 aromatic rings. The summed E-state index contributed by atoms with van der Waals surface area (Å²) in [6.07, 6.45) is 0. The number of pyridine rings is 1. The molecular formula is C19H17Cl2N3. The van der Waals surface area contributed by atoms with Gasteiger partial charge in [-0.05, 0) is 36.4 Å². The van der Waals surface area contributed by atoms with Crippen LogP contribution in [0.4, 0.5) is 11.4 Å². The van der Waals surface area contributed by atoms with E-state index in [0.29, 0.717) is 23.1 Å². The second-order valence-corrected chi connectivity index (χ2v) is 6.10. The van der Waals surface area contributed by atoms with Crippen LogP contribution in [0.2, 0.25) is 10.0 Å². The van der Waals surface area contributed by atoms with Crippen LogP contribution in [-0.4, -0.2) is 4.98 Å². The number of aromatic nitrogens is 1. The molecule has 0 aliphatic heterocycles. The standard InChI is InChI=1S/C19H17Cl2N3/c20-16-8-1-3-10-18(16)22-12-14-6-5-7-15(24-14)13-23-19-11-4-2-9-17(19)21/h1-11,22-23H,12-13H2. The highest BCUT2D eigenvalue weighted by molar-refractivity contribution is 6.33. The van der Waals surface area contributed by atoms with E-state index in [2.05, 4.69) is 15.6 Å². The largest absolute Gasteiger partial charge is 0.378 e. The molecule has 1 heterocycles. The van der Waals surface area contributed by atoms with Crippen molar-refractivity contribution in [3.8, 4) is 0 Å². The van der Waals surface area contributed by atoms with E-state index >= 15 is 0 Å². The Labute approximate surface area is 151 Å². The summed E-state index contributed by atoms with van der Waals surface area (Å²) in [6.45, 7) is 1.23. The van der Waals surface area contributed by atoms with Crippen molar-refractivity contribution in [1.29, 1.82) is 0 Å². The minimum atomic E-state index is 0.615. The van der Waals surface area contributed by atoms with Crippen LogP contribution in [0.15, 0.2) is 66.7 Å². The molecule has 0 saturated carbocycles. The average Bonchev–Trinajstić information content (AvgIpc) is 2.61. The molecule has 0 aliphatic rings. The minimum absolute atomic E-state index is 0.615. The molecule has 0 spiro atoms. The molecule has 0 aliphatic carbocycles. The molecule has 0 radical (unpaired) electrons. The van der Waals surface area contributed by atoms with Gasteiger partial charge in [0.05, 0.1) is 45.9 Å². The van der Waals surface area contributed by atoms with Crippen molar-refractivity contribution in [2.75, 3.05) is 10.6 Å². The number of anilines is 2. The third-order valence-corrected chi connectivity index (χ3v) is 4.19. The van der Waals surface area contributed by atoms with E-state index in [1.54, 1.807) is 0 Å². The lowest BCUT2D eigenvalue weighted by Crippen LogP contribution is -2.06. The SMILES string of the molecule is Clc1ccccc1NCc1cccc(CNc2ccccc2Cl)n1. The normalized spacial score (nSPS) is 10.4. The van der Waals surface area contributed by atoms with Crippen LogP contribution in [0.3, 0.4) is 0 Å². The second kappa shape index (κ2) is 8.04. The van der Waals surface area contributed by atoms with Crippen molar-refractivity contribution in [2.24, 2.45) is 0 Å². The number of hydrogen-bond donors (Lipinski definition) is 2. The Kier molecular flexibility index (Phi) is 5.57. The summed E-state index contributed by atoms with van der Waals surface area (Å²) in [5.41, 5.74) is 3.71. The fourth-order valence-electron chi connectivity index (χ4n) is 2.31. The number of rotatable bonds is 6. The quantitative estimate of drug-likeness (QED) is 0.601. The van der Waals surface area contributed by atoms with Crippen LogP contribution in [0.5, 0.6) is 0 Å². The second-order valence-electron chi connectivity index (χ2n) is 5.29. The summed E-state index contributed by atoms with van der Waals surface area (Å²) < 4.78 is 0. The average molecular weight is 358 g/mol. The van der Waals surface area contributed by atoms with Gasteiger partial charge in [0.15, 0.2) is 0 Å². The molecule has 5 heteroatoms. The number of benzene rings is 2. The third-order valence-electron chi connectivity index (χ3n) is 3.53. The molecule has 0 amide bonds. The number of para-hydroxylation sites is 2. The first kappa shape index (κ1) is 16.6. The zero-order valence-corrected chi connectivity index (χ0v) is 14.5. The summed E-state index contributed by atoms with van der Waals surface area (Å²) in [6, 6.07) is 21.3. The summed E-state index contributed by atoms with van der Waals surface area (Å²) in [4.78, 5) is 4.65. The minimum Gasteiger partial charge on any atom is -0.378 e. The molecule has 0 bridgehead atoms. The van der Waals surface area contributed by atoms with Gasteiger partial charge in [0.25, 0.3) is 0 Å². The number of halogens is 2. The highest BCUT2D eigenvalue weighted by Crippen LogP contribution is 2.22. The van der Waals surface area contributed by atoms with Gasteiger partial charge in [-0.1, -0.05) is 53.5 Å². The lowest BCUT2D eigenvalue weighted by atomic mass is 10.2. The van der Waals surface area contributed by atoms with Gasteiger partial charge >= 0.3 is 0 Å². The lowest BCUT2D eigenvalue weighted by molar-refractivity contribution is 0.966. The van der Waals surface area contributed by atoms with Gasteiger partial charge in [-0.15, -0.1) is 0 Å². The summed E-state index contributed by atoms with van der Waals surface area (Å²) >= 11 is 12.3. The van der Waals surface area contributed by atoms with E-state index in [1.165, 1.54) is 0 Å². The van der Waals surface area contributed by atoms with Crippen LogP contribution in [0.1, 0.15) is 11.4 Å². The van der Waals surface area contributed by atoms with E-state index in [9.17, 15) is 0 Å². The van der Waals surface area contributed by atoms with Crippen LogP contribution >= 0.6 is 23.2 Å². The Bertz CT molecular complexity index is 756. The Balaban J connectivity index is 1.62. The van der Waals surface area contributed by atoms with Crippen molar-refractivity contribution in [2.45, 2.75) is 13.1 Å². The Hall–Kier alpha value is -2.23. The molecule has 122 valence electrons. The van der Waals surface area contributed by atoms with Crippen LogP contribution in [0, 0.1) is 0 Å². The fourth-order valence-corrected chi connectivity index (χ4v) is 2.71. The van der Waals surface area contributed by atoms with Gasteiger partial charge in [0, 0.05) is 0 Å². The third kappa shape index (κ3) is 4.40.